The van der Waals surface area contributed by atoms with Gasteiger partial charge in [0.25, 0.3) is 0 Å². The number of likely N-dealkylation sites (tertiary alicyclic amines) is 1. The van der Waals surface area contributed by atoms with Crippen molar-refractivity contribution in [1.82, 2.24) is 14.7 Å². The Morgan fingerprint density at radius 1 is 1.06 bits per heavy atom. The van der Waals surface area contributed by atoms with Crippen LogP contribution in [0.1, 0.15) is 27.2 Å². The number of guanidine groups is 1. The molecule has 0 aromatic carbocycles. The monoisotopic (exact) mass is 545 g/mol. The highest BCUT2D eigenvalue weighted by Gasteiger charge is 2.58. The van der Waals surface area contributed by atoms with Gasteiger partial charge in [0, 0.05) is 32.7 Å². The topological polar surface area (TPSA) is 109 Å². The zero-order chi connectivity index (χ0) is 21.6. The van der Waals surface area contributed by atoms with Gasteiger partial charge in [-0.25, -0.2) is 4.79 Å². The molecule has 4 rings (SSSR count). The number of aliphatic imine (C=N–C) groups is 1. The molecule has 31 heavy (non-hydrogen) atoms. The van der Waals surface area contributed by atoms with Gasteiger partial charge in [0.1, 0.15) is 5.60 Å². The first-order chi connectivity index (χ1) is 14.2. The number of carbonyl (C=O) groups is 3. The predicted molar refractivity (Wildman–Crippen MR) is 126 cm³/mol. The summed E-state index contributed by atoms with van der Waals surface area (Å²) in [7, 11) is 0. The third-order valence-corrected chi connectivity index (χ3v) is 6.41. The largest absolute Gasteiger partial charge is 0.444 e. The Balaban J connectivity index is 0.00000272. The third-order valence-electron chi connectivity index (χ3n) is 6.41. The summed E-state index contributed by atoms with van der Waals surface area (Å²) in [6.07, 6.45) is 4.79. The van der Waals surface area contributed by atoms with E-state index in [0.717, 1.165) is 6.42 Å². The van der Waals surface area contributed by atoms with Crippen molar-refractivity contribution < 1.29 is 19.1 Å². The maximum Gasteiger partial charge on any atom is 0.410 e. The van der Waals surface area contributed by atoms with Gasteiger partial charge in [0.15, 0.2) is 5.96 Å². The number of halogens is 1. The van der Waals surface area contributed by atoms with Gasteiger partial charge in [-0.05, 0) is 39.0 Å². The molecule has 0 radical (unpaired) electrons. The summed E-state index contributed by atoms with van der Waals surface area (Å²) in [5, 5.41) is 0. The lowest BCUT2D eigenvalue weighted by molar-refractivity contribution is -0.140. The van der Waals surface area contributed by atoms with Gasteiger partial charge in [-0.3, -0.25) is 19.5 Å². The molecule has 4 atom stereocenters. The highest BCUT2D eigenvalue weighted by atomic mass is 127. The third kappa shape index (κ3) is 4.68. The van der Waals surface area contributed by atoms with Crippen molar-refractivity contribution in [3.05, 3.63) is 12.2 Å². The predicted octanol–water partition coefficient (Wildman–Crippen LogP) is 1.28. The van der Waals surface area contributed by atoms with Gasteiger partial charge in [0.05, 0.1) is 18.4 Å². The molecule has 1 saturated carbocycles. The number of carbonyl (C=O) groups excluding carboxylic acids is 3. The number of nitrogens with two attached hydrogens (primary N) is 1. The van der Waals surface area contributed by atoms with E-state index < -0.39 is 5.60 Å². The second-order valence-corrected chi connectivity index (χ2v) is 9.52. The molecule has 2 bridgehead atoms. The Hall–Kier alpha value is -1.85. The van der Waals surface area contributed by atoms with Crippen LogP contribution in [-0.2, 0) is 14.3 Å². The number of rotatable bonds is 3. The van der Waals surface area contributed by atoms with E-state index in [1.165, 1.54) is 4.90 Å². The second-order valence-electron chi connectivity index (χ2n) is 9.52. The summed E-state index contributed by atoms with van der Waals surface area (Å²) in [6, 6.07) is 0. The summed E-state index contributed by atoms with van der Waals surface area (Å²) in [5.41, 5.74) is 5.59. The van der Waals surface area contributed by atoms with Crippen LogP contribution in [0.4, 0.5) is 4.79 Å². The Kier molecular flexibility index (Phi) is 6.87. The average molecular weight is 545 g/mol. The fourth-order valence-electron chi connectivity index (χ4n) is 4.99. The summed E-state index contributed by atoms with van der Waals surface area (Å²) in [6.45, 7) is 8.23. The zero-order valence-corrected chi connectivity index (χ0v) is 20.7. The lowest BCUT2D eigenvalue weighted by Gasteiger charge is -2.36. The molecule has 10 heteroatoms. The van der Waals surface area contributed by atoms with Crippen LogP contribution in [0.25, 0.3) is 0 Å². The van der Waals surface area contributed by atoms with Crippen molar-refractivity contribution in [3.8, 4) is 0 Å². The number of hydrogen-bond donors (Lipinski definition) is 1. The fraction of sp³-hybridized carbons (Fsp3) is 0.714. The number of nitrogens with zero attached hydrogens (tertiary/aromatic N) is 4. The number of imide groups is 1. The number of hydrogen-bond acceptors (Lipinski definition) is 5. The number of fused-ring (bicyclic) bond motifs is 5. The van der Waals surface area contributed by atoms with E-state index in [2.05, 4.69) is 17.1 Å². The SMILES string of the molecule is CC(C)(C)OC(=O)N1CCN(C(N)=NCCN2C(=O)C3C4C=CC(C4)C3C2=O)CC1.I. The van der Waals surface area contributed by atoms with E-state index in [4.69, 9.17) is 10.5 Å². The molecule has 3 amide bonds. The Morgan fingerprint density at radius 3 is 2.10 bits per heavy atom. The minimum absolute atomic E-state index is 0. The van der Waals surface area contributed by atoms with Crippen LogP contribution in [0.3, 0.4) is 0 Å². The average Bonchev–Trinajstić information content (AvgIpc) is 3.36. The van der Waals surface area contributed by atoms with Gasteiger partial charge < -0.3 is 20.3 Å². The molecule has 4 aliphatic rings. The van der Waals surface area contributed by atoms with Crippen LogP contribution in [0.2, 0.25) is 0 Å². The molecule has 0 spiro atoms. The standard InChI is InChI=1S/C21H31N5O4.HI/c1-21(2,3)30-20(29)25-10-8-24(9-11-25)19(22)23-6-7-26-17(27)15-13-4-5-14(12-13)16(15)18(26)28;/h4-5,13-16H,6-12H2,1-3H3,(H2,22,23);1H. The molecule has 3 fully saturated rings. The quantitative estimate of drug-likeness (QED) is 0.188. The minimum Gasteiger partial charge on any atom is -0.444 e. The van der Waals surface area contributed by atoms with Crippen molar-refractivity contribution >= 4 is 47.8 Å². The molecule has 4 unspecified atom stereocenters. The Labute approximate surface area is 200 Å². The van der Waals surface area contributed by atoms with Gasteiger partial charge in [-0.2, -0.15) is 0 Å². The molecule has 0 aromatic heterocycles. The summed E-state index contributed by atoms with van der Waals surface area (Å²) in [4.78, 5) is 46.9. The second kappa shape index (κ2) is 8.95. The van der Waals surface area contributed by atoms with Gasteiger partial charge in [0.2, 0.25) is 11.8 Å². The van der Waals surface area contributed by atoms with Crippen LogP contribution in [0.5, 0.6) is 0 Å². The minimum atomic E-state index is -0.521. The normalized spacial score (nSPS) is 30.0. The molecule has 2 N–H and O–H groups in total. The highest BCUT2D eigenvalue weighted by Crippen LogP contribution is 2.52. The van der Waals surface area contributed by atoms with Crippen molar-refractivity contribution in [3.63, 3.8) is 0 Å². The molecule has 9 nitrogen and oxygen atoms in total. The van der Waals surface area contributed by atoms with E-state index in [9.17, 15) is 14.4 Å². The van der Waals surface area contributed by atoms with Gasteiger partial charge >= 0.3 is 6.09 Å². The van der Waals surface area contributed by atoms with E-state index in [0.29, 0.717) is 32.1 Å². The van der Waals surface area contributed by atoms with Crippen LogP contribution < -0.4 is 5.73 Å². The van der Waals surface area contributed by atoms with E-state index >= 15 is 0 Å². The molecule has 172 valence electrons. The molecule has 2 aliphatic heterocycles. The summed E-state index contributed by atoms with van der Waals surface area (Å²) >= 11 is 0. The molecule has 2 heterocycles. The summed E-state index contributed by atoms with van der Waals surface area (Å²) in [5.74, 6) is 0.361. The smallest absolute Gasteiger partial charge is 0.410 e. The fourth-order valence-corrected chi connectivity index (χ4v) is 4.99. The van der Waals surface area contributed by atoms with E-state index in [1.54, 1.807) is 4.90 Å². The summed E-state index contributed by atoms with van der Waals surface area (Å²) < 4.78 is 5.40. The van der Waals surface area contributed by atoms with Gasteiger partial charge in [-0.1, -0.05) is 12.2 Å². The Morgan fingerprint density at radius 2 is 1.58 bits per heavy atom. The van der Waals surface area contributed by atoms with Crippen LogP contribution >= 0.6 is 24.0 Å². The molecular formula is C21H32IN5O4. The van der Waals surface area contributed by atoms with Crippen LogP contribution in [0, 0.1) is 23.7 Å². The lowest BCUT2D eigenvalue weighted by Crippen LogP contribution is -2.53. The first kappa shape index (κ1) is 23.8. The number of allylic oxidation sites excluding steroid dienone is 2. The lowest BCUT2D eigenvalue weighted by atomic mass is 9.85. The van der Waals surface area contributed by atoms with Crippen molar-refractivity contribution in [2.45, 2.75) is 32.8 Å². The molecular weight excluding hydrogens is 513 g/mol. The Bertz CT molecular complexity index is 770. The maximum absolute atomic E-state index is 12.7. The van der Waals surface area contributed by atoms with Crippen LogP contribution in [0.15, 0.2) is 17.1 Å². The van der Waals surface area contributed by atoms with Gasteiger partial charge in [-0.15, -0.1) is 24.0 Å². The van der Waals surface area contributed by atoms with Crippen molar-refractivity contribution in [1.29, 1.82) is 0 Å². The van der Waals surface area contributed by atoms with Crippen LogP contribution in [-0.4, -0.2) is 83.4 Å². The number of ether oxygens (including phenoxy) is 1. The number of amides is 3. The van der Waals surface area contributed by atoms with Crippen molar-refractivity contribution in [2.24, 2.45) is 34.4 Å². The van der Waals surface area contributed by atoms with E-state index in [1.807, 2.05) is 25.7 Å². The number of piperazine rings is 1. The van der Waals surface area contributed by atoms with E-state index in [-0.39, 0.29) is 78.6 Å². The van der Waals surface area contributed by atoms with Crippen molar-refractivity contribution in [2.75, 3.05) is 39.3 Å². The molecule has 2 aliphatic carbocycles. The first-order valence-corrected chi connectivity index (χ1v) is 10.7. The maximum atomic E-state index is 12.7. The highest BCUT2D eigenvalue weighted by molar-refractivity contribution is 14.0. The molecule has 2 saturated heterocycles. The first-order valence-electron chi connectivity index (χ1n) is 10.7. The zero-order valence-electron chi connectivity index (χ0n) is 18.3. The molecule has 0 aromatic rings.